The van der Waals surface area contributed by atoms with Gasteiger partial charge in [0.05, 0.1) is 0 Å². The Hall–Kier alpha value is -1.52. The van der Waals surface area contributed by atoms with E-state index >= 15 is 0 Å². The van der Waals surface area contributed by atoms with E-state index in [1.807, 2.05) is 0 Å². The molecule has 2 aromatic rings. The number of nitrogens with one attached hydrogen (secondary N) is 1. The summed E-state index contributed by atoms with van der Waals surface area (Å²) in [5.41, 5.74) is 1.31. The van der Waals surface area contributed by atoms with Gasteiger partial charge in [-0.3, -0.25) is 4.79 Å². The van der Waals surface area contributed by atoms with E-state index in [2.05, 4.69) is 73.5 Å². The van der Waals surface area contributed by atoms with Crippen molar-refractivity contribution in [2.24, 2.45) is 5.41 Å². The molecular weight excluding hydrogens is 352 g/mol. The van der Waals surface area contributed by atoms with Crippen LogP contribution in [0.1, 0.15) is 39.2 Å². The Morgan fingerprint density at radius 2 is 1.93 bits per heavy atom. The third kappa shape index (κ3) is 5.49. The molecule has 0 aliphatic carbocycles. The van der Waals surface area contributed by atoms with Gasteiger partial charge in [0.1, 0.15) is 0 Å². The van der Waals surface area contributed by atoms with Crippen LogP contribution in [0.15, 0.2) is 42.5 Å². The standard InChI is InChI=1S/C23H32N2OS/c1-23(2,3)15-22(26)25(16-20-21(27)11-13-24-20)14-12-18-9-6-8-17-7-4-5-10-19(17)18/h4-10,20-21,24,27H,11-16H2,1-3H3/t20-,21-/m1/s1. The highest BCUT2D eigenvalue weighted by Gasteiger charge is 2.29. The fourth-order valence-corrected chi connectivity index (χ4v) is 4.16. The lowest BCUT2D eigenvalue weighted by atomic mass is 9.91. The maximum absolute atomic E-state index is 13.0. The SMILES string of the molecule is CC(C)(C)CC(=O)N(CCc1cccc2ccccc12)C[C@H]1NCC[C@H]1S. The predicted octanol–water partition coefficient (Wildman–Crippen LogP) is 4.31. The molecule has 0 bridgehead atoms. The molecule has 1 aliphatic heterocycles. The second kappa shape index (κ2) is 8.66. The van der Waals surface area contributed by atoms with E-state index < -0.39 is 0 Å². The summed E-state index contributed by atoms with van der Waals surface area (Å²) in [6.45, 7) is 8.87. The number of amides is 1. The largest absolute Gasteiger partial charge is 0.341 e. The number of carbonyl (C=O) groups excluding carboxylic acids is 1. The molecule has 2 aromatic carbocycles. The number of nitrogens with zero attached hydrogens (tertiary/aromatic N) is 1. The van der Waals surface area contributed by atoms with Crippen LogP contribution in [0, 0.1) is 5.41 Å². The van der Waals surface area contributed by atoms with Crippen molar-refractivity contribution in [2.75, 3.05) is 19.6 Å². The normalized spacial score (nSPS) is 20.1. The van der Waals surface area contributed by atoms with Crippen molar-refractivity contribution in [3.63, 3.8) is 0 Å². The molecule has 0 spiro atoms. The van der Waals surface area contributed by atoms with E-state index in [4.69, 9.17) is 12.6 Å². The summed E-state index contributed by atoms with van der Waals surface area (Å²) in [7, 11) is 0. The number of carbonyl (C=O) groups is 1. The van der Waals surface area contributed by atoms with E-state index in [9.17, 15) is 4.79 Å². The monoisotopic (exact) mass is 384 g/mol. The zero-order valence-electron chi connectivity index (χ0n) is 16.7. The Kier molecular flexibility index (Phi) is 6.48. The molecule has 2 atom stereocenters. The van der Waals surface area contributed by atoms with Gasteiger partial charge < -0.3 is 10.2 Å². The molecule has 1 N–H and O–H groups in total. The fraction of sp³-hybridized carbons (Fsp3) is 0.522. The molecule has 146 valence electrons. The quantitative estimate of drug-likeness (QED) is 0.728. The Balaban J connectivity index is 1.74. The van der Waals surface area contributed by atoms with Crippen LogP contribution in [-0.4, -0.2) is 41.7 Å². The van der Waals surface area contributed by atoms with Crippen molar-refractivity contribution in [1.82, 2.24) is 10.2 Å². The second-order valence-corrected chi connectivity index (χ2v) is 9.55. The number of thiol groups is 1. The zero-order chi connectivity index (χ0) is 19.4. The Bertz CT molecular complexity index is 778. The van der Waals surface area contributed by atoms with Gasteiger partial charge in [0.2, 0.25) is 5.91 Å². The first kappa shape index (κ1) is 20.2. The van der Waals surface area contributed by atoms with Crippen LogP contribution < -0.4 is 5.32 Å². The molecule has 1 aliphatic rings. The van der Waals surface area contributed by atoms with E-state index in [1.165, 1.54) is 16.3 Å². The molecule has 4 heteroatoms. The molecule has 0 saturated carbocycles. The molecule has 0 unspecified atom stereocenters. The first-order valence-electron chi connectivity index (χ1n) is 9.99. The van der Waals surface area contributed by atoms with Gasteiger partial charge in [0, 0.05) is 30.8 Å². The highest BCUT2D eigenvalue weighted by Crippen LogP contribution is 2.23. The Morgan fingerprint density at radius 3 is 2.63 bits per heavy atom. The minimum Gasteiger partial charge on any atom is -0.341 e. The van der Waals surface area contributed by atoms with Crippen LogP contribution in [0.25, 0.3) is 10.8 Å². The van der Waals surface area contributed by atoms with Crippen molar-refractivity contribution in [3.05, 3.63) is 48.0 Å². The van der Waals surface area contributed by atoms with Crippen molar-refractivity contribution < 1.29 is 4.79 Å². The van der Waals surface area contributed by atoms with Crippen LogP contribution in [0.4, 0.5) is 0 Å². The summed E-state index contributed by atoms with van der Waals surface area (Å²) >= 11 is 4.70. The average Bonchev–Trinajstić information content (AvgIpc) is 3.01. The molecule has 27 heavy (non-hydrogen) atoms. The topological polar surface area (TPSA) is 32.3 Å². The van der Waals surface area contributed by atoms with Crippen molar-refractivity contribution in [2.45, 2.75) is 51.3 Å². The Morgan fingerprint density at radius 1 is 1.19 bits per heavy atom. The molecule has 1 amide bonds. The third-order valence-corrected chi connectivity index (χ3v) is 5.91. The maximum atomic E-state index is 13.0. The van der Waals surface area contributed by atoms with Gasteiger partial charge in [-0.15, -0.1) is 0 Å². The lowest BCUT2D eigenvalue weighted by molar-refractivity contribution is -0.133. The van der Waals surface area contributed by atoms with Crippen LogP contribution >= 0.6 is 12.6 Å². The summed E-state index contributed by atoms with van der Waals surface area (Å²) < 4.78 is 0. The maximum Gasteiger partial charge on any atom is 0.223 e. The van der Waals surface area contributed by atoms with E-state index in [0.717, 1.165) is 32.5 Å². The van der Waals surface area contributed by atoms with Gasteiger partial charge >= 0.3 is 0 Å². The molecule has 3 rings (SSSR count). The van der Waals surface area contributed by atoms with Gasteiger partial charge in [-0.1, -0.05) is 63.2 Å². The highest BCUT2D eigenvalue weighted by molar-refractivity contribution is 7.81. The molecular formula is C23H32N2OS. The van der Waals surface area contributed by atoms with Crippen LogP contribution in [0.2, 0.25) is 0 Å². The lowest BCUT2D eigenvalue weighted by Crippen LogP contribution is -2.45. The molecule has 1 saturated heterocycles. The van der Waals surface area contributed by atoms with Gasteiger partial charge in [0.15, 0.2) is 0 Å². The summed E-state index contributed by atoms with van der Waals surface area (Å²) in [4.78, 5) is 15.1. The van der Waals surface area contributed by atoms with E-state index in [-0.39, 0.29) is 17.4 Å². The minimum absolute atomic E-state index is 0.00174. The molecule has 1 fully saturated rings. The first-order chi connectivity index (χ1) is 12.8. The molecule has 0 radical (unpaired) electrons. The third-order valence-electron chi connectivity index (χ3n) is 5.29. The van der Waals surface area contributed by atoms with Crippen molar-refractivity contribution in [1.29, 1.82) is 0 Å². The summed E-state index contributed by atoms with van der Waals surface area (Å²) in [6, 6.07) is 15.2. The van der Waals surface area contributed by atoms with Crippen molar-refractivity contribution in [3.8, 4) is 0 Å². The van der Waals surface area contributed by atoms with Crippen molar-refractivity contribution >= 4 is 29.3 Å². The smallest absolute Gasteiger partial charge is 0.223 e. The predicted molar refractivity (Wildman–Crippen MR) is 117 cm³/mol. The van der Waals surface area contributed by atoms with Gasteiger partial charge in [-0.2, -0.15) is 12.6 Å². The average molecular weight is 385 g/mol. The highest BCUT2D eigenvalue weighted by atomic mass is 32.1. The van der Waals surface area contributed by atoms with Crippen LogP contribution in [0.3, 0.4) is 0 Å². The van der Waals surface area contributed by atoms with Gasteiger partial charge in [0.25, 0.3) is 0 Å². The number of fused-ring (bicyclic) bond motifs is 1. The summed E-state index contributed by atoms with van der Waals surface area (Å²) in [5, 5.41) is 6.38. The number of benzene rings is 2. The van der Waals surface area contributed by atoms with Crippen LogP contribution in [-0.2, 0) is 11.2 Å². The summed E-state index contributed by atoms with van der Waals surface area (Å²) in [5.74, 6) is 0.247. The fourth-order valence-electron chi connectivity index (χ4n) is 3.83. The Labute approximate surface area is 168 Å². The van der Waals surface area contributed by atoms with Crippen LogP contribution in [0.5, 0.6) is 0 Å². The molecule has 1 heterocycles. The first-order valence-corrected chi connectivity index (χ1v) is 10.5. The second-order valence-electron chi connectivity index (χ2n) is 8.88. The van der Waals surface area contributed by atoms with E-state index in [0.29, 0.717) is 11.7 Å². The number of rotatable bonds is 6. The number of hydrogen-bond acceptors (Lipinski definition) is 3. The summed E-state index contributed by atoms with van der Waals surface area (Å²) in [6.07, 6.45) is 2.52. The molecule has 3 nitrogen and oxygen atoms in total. The number of hydrogen-bond donors (Lipinski definition) is 2. The lowest BCUT2D eigenvalue weighted by Gasteiger charge is -2.30. The zero-order valence-corrected chi connectivity index (χ0v) is 17.6. The molecule has 0 aromatic heterocycles. The van der Waals surface area contributed by atoms with Gasteiger partial charge in [-0.05, 0) is 41.1 Å². The minimum atomic E-state index is -0.00174. The van der Waals surface area contributed by atoms with E-state index in [1.54, 1.807) is 0 Å². The van der Waals surface area contributed by atoms with Gasteiger partial charge in [-0.25, -0.2) is 0 Å².